The zero-order valence-electron chi connectivity index (χ0n) is 18.7. The van der Waals surface area contributed by atoms with Crippen molar-refractivity contribution in [2.75, 3.05) is 7.11 Å². The minimum absolute atomic E-state index is 0.000424. The van der Waals surface area contributed by atoms with Gasteiger partial charge >= 0.3 is 12.0 Å². The molecule has 0 bridgehead atoms. The summed E-state index contributed by atoms with van der Waals surface area (Å²) in [5.41, 5.74) is 1.46. The summed E-state index contributed by atoms with van der Waals surface area (Å²) in [7, 11) is 1.22. The lowest BCUT2D eigenvalue weighted by atomic mass is 10.2. The number of furan rings is 1. The Labute approximate surface area is 212 Å². The van der Waals surface area contributed by atoms with Crippen LogP contribution in [0.1, 0.15) is 27.4 Å². The quantitative estimate of drug-likeness (QED) is 0.141. The van der Waals surface area contributed by atoms with Crippen molar-refractivity contribution >= 4 is 45.6 Å². The molecular weight excluding hydrogens is 538 g/mol. The number of hydrogen-bond donors (Lipinski definition) is 1. The number of imide groups is 1. The van der Waals surface area contributed by atoms with Crippen LogP contribution in [0.2, 0.25) is 0 Å². The van der Waals surface area contributed by atoms with E-state index in [1.54, 1.807) is 30.3 Å². The number of nitrogens with zero attached hydrogens (tertiary/aromatic N) is 2. The van der Waals surface area contributed by atoms with E-state index in [2.05, 4.69) is 26.0 Å². The molecule has 3 amide bonds. The van der Waals surface area contributed by atoms with Gasteiger partial charge in [0.15, 0.2) is 0 Å². The Morgan fingerprint density at radius 2 is 1.92 bits per heavy atom. The largest absolute Gasteiger partial charge is 0.488 e. The summed E-state index contributed by atoms with van der Waals surface area (Å²) in [6.45, 7) is 0.0448. The molecule has 0 radical (unpaired) electrons. The lowest BCUT2D eigenvalue weighted by Gasteiger charge is -2.10. The van der Waals surface area contributed by atoms with Crippen LogP contribution < -0.4 is 10.1 Å². The van der Waals surface area contributed by atoms with Crippen LogP contribution in [-0.4, -0.2) is 34.8 Å². The zero-order valence-corrected chi connectivity index (χ0v) is 20.3. The molecule has 184 valence electrons. The molecule has 0 unspecified atom stereocenters. The van der Waals surface area contributed by atoms with E-state index in [4.69, 9.17) is 9.15 Å². The van der Waals surface area contributed by atoms with Gasteiger partial charge in [-0.2, -0.15) is 0 Å². The van der Waals surface area contributed by atoms with Crippen LogP contribution in [0.3, 0.4) is 0 Å². The molecule has 2 aromatic carbocycles. The predicted molar refractivity (Wildman–Crippen MR) is 129 cm³/mol. The monoisotopic (exact) mass is 555 g/mol. The number of benzene rings is 2. The van der Waals surface area contributed by atoms with Crippen molar-refractivity contribution in [2.45, 2.75) is 13.2 Å². The van der Waals surface area contributed by atoms with E-state index < -0.39 is 22.8 Å². The van der Waals surface area contributed by atoms with Gasteiger partial charge < -0.3 is 19.2 Å². The number of halogens is 1. The molecule has 0 atom stereocenters. The van der Waals surface area contributed by atoms with Crippen LogP contribution in [0.15, 0.2) is 69.2 Å². The van der Waals surface area contributed by atoms with Gasteiger partial charge in [0.05, 0.1) is 23.1 Å². The predicted octanol–water partition coefficient (Wildman–Crippen LogP) is 4.41. The number of nitro groups is 1. The number of carbonyl (C=O) groups is 3. The second-order valence-electron chi connectivity index (χ2n) is 7.54. The fourth-order valence-corrected chi connectivity index (χ4v) is 3.82. The van der Waals surface area contributed by atoms with Crippen molar-refractivity contribution in [1.82, 2.24) is 10.2 Å². The molecule has 4 rings (SSSR count). The third-order valence-corrected chi connectivity index (χ3v) is 5.75. The van der Waals surface area contributed by atoms with Gasteiger partial charge in [0.2, 0.25) is 5.76 Å². The standard InChI is InChI=1S/C24H18BrN3O8/c1-34-23(30)21-9-7-17(36-21)12-27-22(29)19(26-24(27)31)11-15-4-8-20(18(25)10-15)35-13-14-2-5-16(6-3-14)28(32)33/h2-11H,12-13H2,1H3,(H,26,31)/b19-11-. The lowest BCUT2D eigenvalue weighted by Crippen LogP contribution is -2.30. The van der Waals surface area contributed by atoms with E-state index in [0.717, 1.165) is 10.5 Å². The van der Waals surface area contributed by atoms with Crippen LogP contribution >= 0.6 is 15.9 Å². The highest BCUT2D eigenvalue weighted by Gasteiger charge is 2.34. The Balaban J connectivity index is 1.41. The number of nitro benzene ring substituents is 1. The Morgan fingerprint density at radius 1 is 1.17 bits per heavy atom. The van der Waals surface area contributed by atoms with Crippen LogP contribution in [0.5, 0.6) is 5.75 Å². The topological polar surface area (TPSA) is 141 Å². The van der Waals surface area contributed by atoms with Crippen molar-refractivity contribution in [3.8, 4) is 5.75 Å². The molecule has 1 aliphatic heterocycles. The first-order valence-electron chi connectivity index (χ1n) is 10.4. The summed E-state index contributed by atoms with van der Waals surface area (Å²) in [6, 6.07) is 13.4. The summed E-state index contributed by atoms with van der Waals surface area (Å²) in [5.74, 6) is -0.470. The van der Waals surface area contributed by atoms with Crippen molar-refractivity contribution < 1.29 is 33.2 Å². The van der Waals surface area contributed by atoms with Crippen molar-refractivity contribution in [3.63, 3.8) is 0 Å². The molecule has 0 spiro atoms. The van der Waals surface area contributed by atoms with E-state index in [1.165, 1.54) is 37.5 Å². The molecule has 1 saturated heterocycles. The molecule has 0 aliphatic carbocycles. The Morgan fingerprint density at radius 3 is 2.58 bits per heavy atom. The van der Waals surface area contributed by atoms with Crippen LogP contribution in [-0.2, 0) is 22.7 Å². The first-order chi connectivity index (χ1) is 17.2. The normalized spacial score (nSPS) is 14.2. The molecule has 0 saturated carbocycles. The summed E-state index contributed by atoms with van der Waals surface area (Å²) in [4.78, 5) is 47.9. The summed E-state index contributed by atoms with van der Waals surface area (Å²) in [5, 5.41) is 13.3. The first kappa shape index (κ1) is 24.7. The van der Waals surface area contributed by atoms with Crippen LogP contribution in [0, 0.1) is 10.1 Å². The Bertz CT molecular complexity index is 1380. The minimum Gasteiger partial charge on any atom is -0.488 e. The number of ether oxygens (including phenoxy) is 2. The van der Waals surface area contributed by atoms with Gasteiger partial charge in [-0.25, -0.2) is 9.59 Å². The first-order valence-corrected chi connectivity index (χ1v) is 11.2. The number of urea groups is 1. The maximum atomic E-state index is 12.8. The highest BCUT2D eigenvalue weighted by atomic mass is 79.9. The number of non-ortho nitro benzene ring substituents is 1. The molecule has 3 aromatic rings. The maximum absolute atomic E-state index is 12.8. The highest BCUT2D eigenvalue weighted by molar-refractivity contribution is 9.10. The fourth-order valence-electron chi connectivity index (χ4n) is 3.31. The number of rotatable bonds is 8. The van der Waals surface area contributed by atoms with E-state index >= 15 is 0 Å². The average molecular weight is 556 g/mol. The summed E-state index contributed by atoms with van der Waals surface area (Å²) in [6.07, 6.45) is 1.52. The highest BCUT2D eigenvalue weighted by Crippen LogP contribution is 2.28. The van der Waals surface area contributed by atoms with E-state index in [0.29, 0.717) is 15.8 Å². The number of methoxy groups -OCH3 is 1. The third-order valence-electron chi connectivity index (χ3n) is 5.13. The smallest absolute Gasteiger partial charge is 0.373 e. The van der Waals surface area contributed by atoms with Gasteiger partial charge in [0.25, 0.3) is 11.6 Å². The fraction of sp³-hybridized carbons (Fsp3) is 0.125. The van der Waals surface area contributed by atoms with Gasteiger partial charge in [-0.05, 0) is 69.5 Å². The Kier molecular flexibility index (Phi) is 7.15. The van der Waals surface area contributed by atoms with Gasteiger partial charge in [-0.15, -0.1) is 0 Å². The molecular formula is C24H18BrN3O8. The molecule has 1 N–H and O–H groups in total. The van der Waals surface area contributed by atoms with E-state index in [1.807, 2.05) is 0 Å². The van der Waals surface area contributed by atoms with Gasteiger partial charge in [-0.1, -0.05) is 6.07 Å². The van der Waals surface area contributed by atoms with E-state index in [9.17, 15) is 24.5 Å². The average Bonchev–Trinajstić information content (AvgIpc) is 3.43. The zero-order chi connectivity index (χ0) is 25.8. The number of amides is 3. The molecule has 11 nitrogen and oxygen atoms in total. The van der Waals surface area contributed by atoms with Crippen molar-refractivity contribution in [2.24, 2.45) is 0 Å². The summed E-state index contributed by atoms with van der Waals surface area (Å²) >= 11 is 3.43. The number of nitrogens with one attached hydrogen (secondary N) is 1. The molecule has 36 heavy (non-hydrogen) atoms. The number of carbonyl (C=O) groups excluding carboxylic acids is 3. The number of esters is 1. The van der Waals surface area contributed by atoms with Gasteiger partial charge in [0, 0.05) is 12.1 Å². The van der Waals surface area contributed by atoms with Crippen molar-refractivity contribution in [1.29, 1.82) is 0 Å². The second kappa shape index (κ2) is 10.4. The molecule has 1 fully saturated rings. The summed E-state index contributed by atoms with van der Waals surface area (Å²) < 4.78 is 16.3. The van der Waals surface area contributed by atoms with Crippen LogP contribution in [0.4, 0.5) is 10.5 Å². The van der Waals surface area contributed by atoms with Gasteiger partial charge in [0.1, 0.15) is 23.8 Å². The molecule has 1 aliphatic rings. The lowest BCUT2D eigenvalue weighted by molar-refractivity contribution is -0.384. The van der Waals surface area contributed by atoms with Crippen LogP contribution in [0.25, 0.3) is 6.08 Å². The van der Waals surface area contributed by atoms with E-state index in [-0.39, 0.29) is 36.1 Å². The minimum atomic E-state index is -0.662. The maximum Gasteiger partial charge on any atom is 0.373 e. The second-order valence-corrected chi connectivity index (χ2v) is 8.39. The number of hydrogen-bond acceptors (Lipinski definition) is 8. The molecule has 1 aromatic heterocycles. The SMILES string of the molecule is COC(=O)c1ccc(CN2C(=O)N/C(=C\c3ccc(OCc4ccc([N+](=O)[O-])cc4)c(Br)c3)C2=O)o1. The Hall–Kier alpha value is -4.45. The molecule has 2 heterocycles. The van der Waals surface area contributed by atoms with Crippen molar-refractivity contribution in [3.05, 3.63) is 97.5 Å². The van der Waals surface area contributed by atoms with Gasteiger partial charge in [-0.3, -0.25) is 19.8 Å². The third kappa shape index (κ3) is 5.44. The molecule has 12 heteroatoms.